The number of carbonyl (C=O) groups excluding carboxylic acids is 1. The minimum absolute atomic E-state index is 0.0604. The van der Waals surface area contributed by atoms with Crippen molar-refractivity contribution < 1.29 is 4.79 Å². The fraction of sp³-hybridized carbons (Fsp3) is 0.400. The monoisotopic (exact) mass is 372 g/mol. The molecule has 0 saturated carbocycles. The van der Waals surface area contributed by atoms with E-state index in [-0.39, 0.29) is 5.91 Å². The van der Waals surface area contributed by atoms with Crippen LogP contribution in [0.25, 0.3) is 0 Å². The number of rotatable bonds is 6. The van der Waals surface area contributed by atoms with Crippen LogP contribution < -0.4 is 10.2 Å². The summed E-state index contributed by atoms with van der Waals surface area (Å²) in [5.41, 5.74) is 1.81. The molecule has 0 radical (unpaired) electrons. The molecule has 1 saturated heterocycles. The quantitative estimate of drug-likeness (QED) is 0.847. The van der Waals surface area contributed by atoms with E-state index in [9.17, 15) is 4.79 Å². The first-order valence-electron chi connectivity index (χ1n) is 9.11. The number of amides is 1. The first-order valence-corrected chi connectivity index (χ1v) is 9.49. The standard InChI is InChI=1S/C20H25ClN4O/c1-2-24-11-13-25(14-12-24)19-15-17(8-10-22-19)20(26)23-9-7-16-3-5-18(21)6-4-16/h3-6,8,10,15H,2,7,9,11-14H2,1H3,(H,23,26). The number of carbonyl (C=O) groups is 1. The molecule has 1 aliphatic heterocycles. The zero-order chi connectivity index (χ0) is 18.4. The van der Waals surface area contributed by atoms with Crippen LogP contribution in [0.15, 0.2) is 42.6 Å². The molecule has 6 heteroatoms. The fourth-order valence-electron chi connectivity index (χ4n) is 3.10. The van der Waals surface area contributed by atoms with Crippen LogP contribution in [0.5, 0.6) is 0 Å². The average molecular weight is 373 g/mol. The number of aromatic nitrogens is 1. The lowest BCUT2D eigenvalue weighted by atomic mass is 10.1. The fourth-order valence-corrected chi connectivity index (χ4v) is 3.23. The van der Waals surface area contributed by atoms with Gasteiger partial charge in [-0.1, -0.05) is 30.7 Å². The number of nitrogens with one attached hydrogen (secondary N) is 1. The molecule has 2 heterocycles. The molecule has 1 amide bonds. The highest BCUT2D eigenvalue weighted by atomic mass is 35.5. The summed E-state index contributed by atoms with van der Waals surface area (Å²) < 4.78 is 0. The second kappa shape index (κ2) is 9.01. The van der Waals surface area contributed by atoms with Gasteiger partial charge in [0.25, 0.3) is 5.91 Å². The first kappa shape index (κ1) is 18.7. The molecule has 138 valence electrons. The van der Waals surface area contributed by atoms with Gasteiger partial charge in [-0.2, -0.15) is 0 Å². The molecule has 1 N–H and O–H groups in total. The molecule has 0 atom stereocenters. The molecule has 0 unspecified atom stereocenters. The van der Waals surface area contributed by atoms with Crippen molar-refractivity contribution in [1.29, 1.82) is 0 Å². The van der Waals surface area contributed by atoms with E-state index in [1.807, 2.05) is 30.3 Å². The van der Waals surface area contributed by atoms with E-state index >= 15 is 0 Å². The SMILES string of the molecule is CCN1CCN(c2cc(C(=O)NCCc3ccc(Cl)cc3)ccn2)CC1. The van der Waals surface area contributed by atoms with Crippen molar-refractivity contribution in [3.05, 3.63) is 58.7 Å². The Kier molecular flexibility index (Phi) is 6.47. The summed E-state index contributed by atoms with van der Waals surface area (Å²) in [6.07, 6.45) is 2.50. The lowest BCUT2D eigenvalue weighted by Gasteiger charge is -2.34. The van der Waals surface area contributed by atoms with Crippen molar-refractivity contribution in [3.63, 3.8) is 0 Å². The molecule has 1 aromatic heterocycles. The van der Waals surface area contributed by atoms with Crippen LogP contribution in [0.2, 0.25) is 5.02 Å². The smallest absolute Gasteiger partial charge is 0.251 e. The van der Waals surface area contributed by atoms with Gasteiger partial charge < -0.3 is 15.1 Å². The number of piperazine rings is 1. The summed E-state index contributed by atoms with van der Waals surface area (Å²) in [5.74, 6) is 0.820. The van der Waals surface area contributed by atoms with Gasteiger partial charge in [0.05, 0.1) is 0 Å². The topological polar surface area (TPSA) is 48.5 Å². The third kappa shape index (κ3) is 4.96. The normalized spacial score (nSPS) is 15.1. The van der Waals surface area contributed by atoms with Crippen LogP contribution in [-0.4, -0.2) is 55.1 Å². The predicted molar refractivity (Wildman–Crippen MR) is 106 cm³/mol. The Morgan fingerprint density at radius 2 is 1.88 bits per heavy atom. The molecule has 1 fully saturated rings. The largest absolute Gasteiger partial charge is 0.354 e. The van der Waals surface area contributed by atoms with Crippen LogP contribution in [0, 0.1) is 0 Å². The molecule has 1 aliphatic rings. The summed E-state index contributed by atoms with van der Waals surface area (Å²) in [4.78, 5) is 21.6. The first-order chi connectivity index (χ1) is 12.7. The number of likely N-dealkylation sites (N-methyl/N-ethyl adjacent to an activating group) is 1. The van der Waals surface area contributed by atoms with Gasteiger partial charge in [0, 0.05) is 49.5 Å². The maximum Gasteiger partial charge on any atom is 0.251 e. The van der Waals surface area contributed by atoms with Gasteiger partial charge in [0.15, 0.2) is 0 Å². The van der Waals surface area contributed by atoms with Gasteiger partial charge in [-0.15, -0.1) is 0 Å². The van der Waals surface area contributed by atoms with Gasteiger partial charge in [-0.05, 0) is 42.8 Å². The Morgan fingerprint density at radius 3 is 2.58 bits per heavy atom. The van der Waals surface area contributed by atoms with E-state index < -0.39 is 0 Å². The van der Waals surface area contributed by atoms with E-state index in [0.29, 0.717) is 12.1 Å². The Hall–Kier alpha value is -2.11. The minimum Gasteiger partial charge on any atom is -0.354 e. The van der Waals surface area contributed by atoms with Gasteiger partial charge in [0.2, 0.25) is 0 Å². The van der Waals surface area contributed by atoms with E-state index in [1.165, 1.54) is 0 Å². The number of pyridine rings is 1. The van der Waals surface area contributed by atoms with Crippen LogP contribution in [0.4, 0.5) is 5.82 Å². The zero-order valence-electron chi connectivity index (χ0n) is 15.1. The average Bonchev–Trinajstić information content (AvgIpc) is 2.69. The number of halogens is 1. The molecular weight excluding hydrogens is 348 g/mol. The molecule has 0 aliphatic carbocycles. The number of hydrogen-bond acceptors (Lipinski definition) is 4. The summed E-state index contributed by atoms with van der Waals surface area (Å²) in [5, 5.41) is 3.71. The molecule has 1 aromatic carbocycles. The van der Waals surface area contributed by atoms with E-state index in [4.69, 9.17) is 11.6 Å². The number of hydrogen-bond donors (Lipinski definition) is 1. The van der Waals surface area contributed by atoms with Crippen molar-refractivity contribution in [2.75, 3.05) is 44.2 Å². The second-order valence-corrected chi connectivity index (χ2v) is 6.89. The lowest BCUT2D eigenvalue weighted by Crippen LogP contribution is -2.46. The van der Waals surface area contributed by atoms with E-state index in [2.05, 4.69) is 27.0 Å². The van der Waals surface area contributed by atoms with Gasteiger partial charge in [0.1, 0.15) is 5.82 Å². The molecule has 3 rings (SSSR count). The van der Waals surface area contributed by atoms with Gasteiger partial charge >= 0.3 is 0 Å². The van der Waals surface area contributed by atoms with E-state index in [0.717, 1.165) is 55.5 Å². The molecule has 0 bridgehead atoms. The second-order valence-electron chi connectivity index (χ2n) is 6.46. The van der Waals surface area contributed by atoms with Gasteiger partial charge in [-0.25, -0.2) is 4.98 Å². The zero-order valence-corrected chi connectivity index (χ0v) is 15.9. The van der Waals surface area contributed by atoms with Crippen molar-refractivity contribution in [3.8, 4) is 0 Å². The Labute approximate surface area is 160 Å². The Morgan fingerprint density at radius 1 is 1.15 bits per heavy atom. The number of anilines is 1. The summed E-state index contributed by atoms with van der Waals surface area (Å²) >= 11 is 5.89. The highest BCUT2D eigenvalue weighted by Crippen LogP contribution is 2.15. The van der Waals surface area contributed by atoms with Crippen LogP contribution in [-0.2, 0) is 6.42 Å². The van der Waals surface area contributed by atoms with Gasteiger partial charge in [-0.3, -0.25) is 4.79 Å². The molecule has 0 spiro atoms. The third-order valence-electron chi connectivity index (χ3n) is 4.76. The summed E-state index contributed by atoms with van der Waals surface area (Å²) in [6.45, 7) is 7.82. The highest BCUT2D eigenvalue weighted by Gasteiger charge is 2.17. The maximum atomic E-state index is 12.4. The van der Waals surface area contributed by atoms with E-state index in [1.54, 1.807) is 12.3 Å². The number of benzene rings is 1. The van der Waals surface area contributed by atoms with Crippen molar-refractivity contribution in [2.24, 2.45) is 0 Å². The maximum absolute atomic E-state index is 12.4. The highest BCUT2D eigenvalue weighted by molar-refractivity contribution is 6.30. The predicted octanol–water partition coefficient (Wildman–Crippen LogP) is 2.85. The van der Waals surface area contributed by atoms with Crippen LogP contribution in [0.1, 0.15) is 22.8 Å². The minimum atomic E-state index is -0.0604. The number of nitrogens with zero attached hydrogens (tertiary/aromatic N) is 3. The summed E-state index contributed by atoms with van der Waals surface area (Å²) in [7, 11) is 0. The van der Waals surface area contributed by atoms with Crippen molar-refractivity contribution in [1.82, 2.24) is 15.2 Å². The molecule has 26 heavy (non-hydrogen) atoms. The third-order valence-corrected chi connectivity index (χ3v) is 5.02. The lowest BCUT2D eigenvalue weighted by molar-refractivity contribution is 0.0954. The van der Waals surface area contributed by atoms with Crippen LogP contribution >= 0.6 is 11.6 Å². The van der Waals surface area contributed by atoms with Crippen LogP contribution in [0.3, 0.4) is 0 Å². The Bertz CT molecular complexity index is 727. The van der Waals surface area contributed by atoms with Crippen molar-refractivity contribution >= 4 is 23.3 Å². The van der Waals surface area contributed by atoms with Crippen molar-refractivity contribution in [2.45, 2.75) is 13.3 Å². The summed E-state index contributed by atoms with van der Waals surface area (Å²) in [6, 6.07) is 11.4. The molecule has 5 nitrogen and oxygen atoms in total. The Balaban J connectivity index is 1.53. The molecular formula is C20H25ClN4O. The molecule has 2 aromatic rings.